The molecule has 6 heteroatoms. The molecule has 1 aromatic carbocycles. The third-order valence-corrected chi connectivity index (χ3v) is 4.51. The van der Waals surface area contributed by atoms with Gasteiger partial charge in [-0.3, -0.25) is 14.6 Å². The van der Waals surface area contributed by atoms with Crippen molar-refractivity contribution < 1.29 is 9.59 Å². The number of carbonyl (C=O) groups is 2. The Labute approximate surface area is 149 Å². The van der Waals surface area contributed by atoms with Crippen LogP contribution in [0.4, 0.5) is 0 Å². The molecule has 2 amide bonds. The standard InChI is InChI=1S/C18H18BrN3O2/c19-15-5-3-4-13(8-15)11-22-12-14(9-17(22)23)18(24)21-10-16-6-1-2-7-20-16/h1-8,14H,9-12H2,(H,21,24)/t14-/m1/s1. The van der Waals surface area contributed by atoms with Gasteiger partial charge in [-0.15, -0.1) is 0 Å². The summed E-state index contributed by atoms with van der Waals surface area (Å²) in [5, 5.41) is 2.87. The zero-order valence-electron chi connectivity index (χ0n) is 13.1. The van der Waals surface area contributed by atoms with Gasteiger partial charge in [-0.2, -0.15) is 0 Å². The van der Waals surface area contributed by atoms with E-state index in [0.717, 1.165) is 15.7 Å². The minimum absolute atomic E-state index is 0.0213. The van der Waals surface area contributed by atoms with Crippen molar-refractivity contribution in [3.05, 3.63) is 64.4 Å². The lowest BCUT2D eigenvalue weighted by Crippen LogP contribution is -2.32. The topological polar surface area (TPSA) is 62.3 Å². The highest BCUT2D eigenvalue weighted by molar-refractivity contribution is 9.10. The van der Waals surface area contributed by atoms with Crippen LogP contribution in [0.2, 0.25) is 0 Å². The number of halogens is 1. The third-order valence-electron chi connectivity index (χ3n) is 4.02. The van der Waals surface area contributed by atoms with E-state index >= 15 is 0 Å². The highest BCUT2D eigenvalue weighted by Gasteiger charge is 2.34. The number of rotatable bonds is 5. The molecule has 0 unspecified atom stereocenters. The fourth-order valence-electron chi connectivity index (χ4n) is 2.78. The lowest BCUT2D eigenvalue weighted by atomic mass is 10.1. The predicted molar refractivity (Wildman–Crippen MR) is 93.7 cm³/mol. The molecule has 24 heavy (non-hydrogen) atoms. The van der Waals surface area contributed by atoms with Gasteiger partial charge >= 0.3 is 0 Å². The van der Waals surface area contributed by atoms with Gasteiger partial charge in [0.1, 0.15) is 0 Å². The van der Waals surface area contributed by atoms with E-state index in [4.69, 9.17) is 0 Å². The van der Waals surface area contributed by atoms with Crippen LogP contribution >= 0.6 is 15.9 Å². The average molecular weight is 388 g/mol. The fraction of sp³-hybridized carbons (Fsp3) is 0.278. The van der Waals surface area contributed by atoms with Crippen molar-refractivity contribution in [2.24, 2.45) is 5.92 Å². The van der Waals surface area contributed by atoms with E-state index in [2.05, 4.69) is 26.2 Å². The molecule has 1 saturated heterocycles. The number of aromatic nitrogens is 1. The van der Waals surface area contributed by atoms with Gasteiger partial charge in [-0.05, 0) is 29.8 Å². The largest absolute Gasteiger partial charge is 0.350 e. The van der Waals surface area contributed by atoms with Crippen LogP contribution in [0.25, 0.3) is 0 Å². The SMILES string of the molecule is O=C(NCc1ccccn1)[C@@H]1CC(=O)N(Cc2cccc(Br)c2)C1. The first kappa shape index (κ1) is 16.6. The number of nitrogens with one attached hydrogen (secondary N) is 1. The second-order valence-electron chi connectivity index (χ2n) is 5.84. The van der Waals surface area contributed by atoms with Crippen molar-refractivity contribution in [3.8, 4) is 0 Å². The Balaban J connectivity index is 1.55. The molecule has 5 nitrogen and oxygen atoms in total. The summed E-state index contributed by atoms with van der Waals surface area (Å²) in [5.41, 5.74) is 1.86. The van der Waals surface area contributed by atoms with Crippen LogP contribution in [0.3, 0.4) is 0 Å². The first-order valence-electron chi connectivity index (χ1n) is 7.81. The van der Waals surface area contributed by atoms with Gasteiger partial charge in [0.05, 0.1) is 18.2 Å². The Morgan fingerprint density at radius 2 is 2.17 bits per heavy atom. The fourth-order valence-corrected chi connectivity index (χ4v) is 3.23. The second-order valence-corrected chi connectivity index (χ2v) is 6.76. The van der Waals surface area contributed by atoms with E-state index in [1.54, 1.807) is 11.1 Å². The molecule has 3 rings (SSSR count). The summed E-state index contributed by atoms with van der Waals surface area (Å²) in [6.45, 7) is 1.37. The molecule has 1 aliphatic rings. The Morgan fingerprint density at radius 1 is 1.29 bits per heavy atom. The maximum atomic E-state index is 12.3. The summed E-state index contributed by atoms with van der Waals surface area (Å²) >= 11 is 3.43. The van der Waals surface area contributed by atoms with Crippen LogP contribution in [0.1, 0.15) is 17.7 Å². The Kier molecular flexibility index (Phi) is 5.25. The maximum absolute atomic E-state index is 12.3. The number of hydrogen-bond acceptors (Lipinski definition) is 3. The Bertz CT molecular complexity index is 736. The predicted octanol–water partition coefficient (Wildman–Crippen LogP) is 2.51. The number of amides is 2. The van der Waals surface area contributed by atoms with Gasteiger partial charge in [-0.25, -0.2) is 0 Å². The first-order chi connectivity index (χ1) is 11.6. The van der Waals surface area contributed by atoms with E-state index < -0.39 is 0 Å². The van der Waals surface area contributed by atoms with Gasteiger partial charge in [0.2, 0.25) is 11.8 Å². The molecule has 0 saturated carbocycles. The number of benzene rings is 1. The number of pyridine rings is 1. The maximum Gasteiger partial charge on any atom is 0.225 e. The number of carbonyl (C=O) groups excluding carboxylic acids is 2. The van der Waals surface area contributed by atoms with Crippen molar-refractivity contribution in [3.63, 3.8) is 0 Å². The van der Waals surface area contributed by atoms with Gasteiger partial charge in [0.15, 0.2) is 0 Å². The average Bonchev–Trinajstić information content (AvgIpc) is 2.94. The molecule has 0 spiro atoms. The van der Waals surface area contributed by atoms with Crippen molar-refractivity contribution in [2.45, 2.75) is 19.5 Å². The molecule has 124 valence electrons. The smallest absolute Gasteiger partial charge is 0.225 e. The second kappa shape index (κ2) is 7.57. The van der Waals surface area contributed by atoms with Crippen LogP contribution in [-0.2, 0) is 22.7 Å². The summed E-state index contributed by atoms with van der Waals surface area (Å²) in [4.78, 5) is 30.4. The van der Waals surface area contributed by atoms with Crippen LogP contribution < -0.4 is 5.32 Å². The Morgan fingerprint density at radius 3 is 2.92 bits per heavy atom. The summed E-state index contributed by atoms with van der Waals surface area (Å²) in [6.07, 6.45) is 1.96. The van der Waals surface area contributed by atoms with Crippen LogP contribution in [0.5, 0.6) is 0 Å². The van der Waals surface area contributed by atoms with E-state index in [9.17, 15) is 9.59 Å². The van der Waals surface area contributed by atoms with E-state index in [-0.39, 0.29) is 24.2 Å². The van der Waals surface area contributed by atoms with E-state index in [1.165, 1.54) is 0 Å². The van der Waals surface area contributed by atoms with Gasteiger partial charge < -0.3 is 10.2 Å². The molecule has 1 aromatic heterocycles. The summed E-state index contributed by atoms with van der Waals surface area (Å²) in [5.74, 6) is -0.368. The van der Waals surface area contributed by atoms with Crippen LogP contribution in [-0.4, -0.2) is 28.2 Å². The first-order valence-corrected chi connectivity index (χ1v) is 8.61. The van der Waals surface area contributed by atoms with Gasteiger partial charge in [-0.1, -0.05) is 34.1 Å². The lowest BCUT2D eigenvalue weighted by Gasteiger charge is -2.17. The molecule has 1 N–H and O–H groups in total. The number of likely N-dealkylation sites (tertiary alicyclic amines) is 1. The molecule has 2 heterocycles. The summed E-state index contributed by atoms with van der Waals surface area (Å²) < 4.78 is 0.983. The van der Waals surface area contributed by atoms with Crippen molar-refractivity contribution in [1.29, 1.82) is 0 Å². The van der Waals surface area contributed by atoms with Gasteiger partial charge in [0, 0.05) is 30.2 Å². The summed E-state index contributed by atoms with van der Waals surface area (Å²) in [6, 6.07) is 13.4. The monoisotopic (exact) mass is 387 g/mol. The highest BCUT2D eigenvalue weighted by Crippen LogP contribution is 2.21. The van der Waals surface area contributed by atoms with Crippen molar-refractivity contribution >= 4 is 27.7 Å². The third kappa shape index (κ3) is 4.20. The molecule has 1 fully saturated rings. The van der Waals surface area contributed by atoms with E-state index in [0.29, 0.717) is 19.6 Å². The number of hydrogen-bond donors (Lipinski definition) is 1. The minimum atomic E-state index is -0.298. The highest BCUT2D eigenvalue weighted by atomic mass is 79.9. The normalized spacial score (nSPS) is 17.1. The molecule has 2 aromatic rings. The van der Waals surface area contributed by atoms with Crippen molar-refractivity contribution in [1.82, 2.24) is 15.2 Å². The van der Waals surface area contributed by atoms with Crippen LogP contribution in [0, 0.1) is 5.92 Å². The van der Waals surface area contributed by atoms with E-state index in [1.807, 2.05) is 42.5 Å². The quantitative estimate of drug-likeness (QED) is 0.856. The molecule has 0 aliphatic carbocycles. The molecular formula is C18H18BrN3O2. The zero-order valence-corrected chi connectivity index (χ0v) is 14.7. The lowest BCUT2D eigenvalue weighted by molar-refractivity contribution is -0.129. The minimum Gasteiger partial charge on any atom is -0.350 e. The molecule has 0 radical (unpaired) electrons. The molecule has 0 bridgehead atoms. The van der Waals surface area contributed by atoms with Crippen LogP contribution in [0.15, 0.2) is 53.1 Å². The molecule has 1 aliphatic heterocycles. The Hall–Kier alpha value is -2.21. The summed E-state index contributed by atoms with van der Waals surface area (Å²) in [7, 11) is 0. The molecule has 1 atom stereocenters. The van der Waals surface area contributed by atoms with Gasteiger partial charge in [0.25, 0.3) is 0 Å². The number of nitrogens with zero attached hydrogens (tertiary/aromatic N) is 2. The van der Waals surface area contributed by atoms with Crippen molar-refractivity contribution in [2.75, 3.05) is 6.54 Å². The molecular weight excluding hydrogens is 370 g/mol. The zero-order chi connectivity index (χ0) is 16.9.